The van der Waals surface area contributed by atoms with Gasteiger partial charge in [-0.25, -0.2) is 9.97 Å². The zero-order valence-electron chi connectivity index (χ0n) is 15.8. The number of aromatic nitrogens is 2. The molecule has 4 rings (SSSR count). The van der Waals surface area contributed by atoms with Crippen LogP contribution in [-0.2, 0) is 17.6 Å². The van der Waals surface area contributed by atoms with E-state index in [4.69, 9.17) is 0 Å². The number of thiophene rings is 1. The maximum absolute atomic E-state index is 12.5. The van der Waals surface area contributed by atoms with Gasteiger partial charge in [-0.15, -0.1) is 11.3 Å². The number of hydrogen-bond acceptors (Lipinski definition) is 5. The molecule has 1 aromatic carbocycles. The molecule has 140 valence electrons. The maximum Gasteiger partial charge on any atom is 0.230 e. The Morgan fingerprint density at radius 2 is 2.11 bits per heavy atom. The van der Waals surface area contributed by atoms with Crippen LogP contribution < -0.4 is 5.32 Å². The van der Waals surface area contributed by atoms with Gasteiger partial charge in [0.05, 0.1) is 11.8 Å². The van der Waals surface area contributed by atoms with Gasteiger partial charge >= 0.3 is 0 Å². The van der Waals surface area contributed by atoms with Crippen molar-refractivity contribution in [2.24, 2.45) is 0 Å². The highest BCUT2D eigenvalue weighted by atomic mass is 32.2. The molecule has 27 heavy (non-hydrogen) atoms. The molecule has 3 aromatic rings. The van der Waals surface area contributed by atoms with E-state index in [9.17, 15) is 4.79 Å². The van der Waals surface area contributed by atoms with E-state index < -0.39 is 0 Å². The normalized spacial score (nSPS) is 14.3. The molecule has 0 radical (unpaired) electrons. The number of thioether (sulfide) groups is 1. The van der Waals surface area contributed by atoms with Crippen molar-refractivity contribution < 1.29 is 4.79 Å². The van der Waals surface area contributed by atoms with Crippen LogP contribution in [0.3, 0.4) is 0 Å². The Kier molecular flexibility index (Phi) is 5.19. The van der Waals surface area contributed by atoms with Gasteiger partial charge < -0.3 is 5.32 Å². The van der Waals surface area contributed by atoms with E-state index in [0.29, 0.717) is 5.75 Å². The Labute approximate surface area is 167 Å². The predicted octanol–water partition coefficient (Wildman–Crippen LogP) is 4.77. The molecule has 1 aliphatic carbocycles. The molecule has 2 heterocycles. The Balaban J connectivity index is 1.44. The lowest BCUT2D eigenvalue weighted by atomic mass is 10.0. The molecule has 0 unspecified atom stereocenters. The highest BCUT2D eigenvalue weighted by Crippen LogP contribution is 2.39. The molecular weight excluding hydrogens is 374 g/mol. The second-order valence-electron chi connectivity index (χ2n) is 7.14. The molecule has 4 nitrogen and oxygen atoms in total. The molecule has 0 spiro atoms. The fraction of sp³-hybridized carbons (Fsp3) is 0.381. The van der Waals surface area contributed by atoms with Crippen LogP contribution in [-0.4, -0.2) is 21.6 Å². The monoisotopic (exact) mass is 397 g/mol. The Morgan fingerprint density at radius 1 is 1.26 bits per heavy atom. The molecule has 1 amide bonds. The van der Waals surface area contributed by atoms with Crippen molar-refractivity contribution in [3.05, 3.63) is 51.7 Å². The topological polar surface area (TPSA) is 54.9 Å². The fourth-order valence-corrected chi connectivity index (χ4v) is 5.67. The third-order valence-electron chi connectivity index (χ3n) is 5.22. The Morgan fingerprint density at radius 3 is 2.93 bits per heavy atom. The molecule has 1 aliphatic rings. The van der Waals surface area contributed by atoms with E-state index in [1.807, 2.05) is 6.92 Å². The number of carbonyl (C=O) groups is 1. The van der Waals surface area contributed by atoms with E-state index in [0.717, 1.165) is 28.3 Å². The third-order valence-corrected chi connectivity index (χ3v) is 7.40. The number of nitrogens with one attached hydrogen (secondary N) is 1. The van der Waals surface area contributed by atoms with Gasteiger partial charge in [-0.1, -0.05) is 30.0 Å². The lowest BCUT2D eigenvalue weighted by Crippen LogP contribution is -2.28. The average molecular weight is 398 g/mol. The first-order chi connectivity index (χ1) is 13.0. The molecule has 0 fully saturated rings. The van der Waals surface area contributed by atoms with E-state index >= 15 is 0 Å². The summed E-state index contributed by atoms with van der Waals surface area (Å²) in [7, 11) is 0. The number of rotatable bonds is 5. The van der Waals surface area contributed by atoms with Gasteiger partial charge in [-0.2, -0.15) is 0 Å². The fourth-order valence-electron chi connectivity index (χ4n) is 3.54. The summed E-state index contributed by atoms with van der Waals surface area (Å²) in [6, 6.07) is 6.34. The maximum atomic E-state index is 12.5. The van der Waals surface area contributed by atoms with Crippen LogP contribution in [0.2, 0.25) is 0 Å². The molecule has 1 N–H and O–H groups in total. The molecule has 1 atom stereocenters. The zero-order valence-corrected chi connectivity index (χ0v) is 17.5. The SMILES string of the molecule is Cc1ccc([C@H](C)NC(=O)CSc2ncnc3sc4c(c23)CCC4)cc1C. The van der Waals surface area contributed by atoms with Crippen LogP contribution in [0, 0.1) is 13.8 Å². The molecule has 0 saturated carbocycles. The second kappa shape index (κ2) is 7.60. The quantitative estimate of drug-likeness (QED) is 0.498. The number of aryl methyl sites for hydroxylation is 4. The van der Waals surface area contributed by atoms with Crippen LogP contribution in [0.5, 0.6) is 0 Å². The largest absolute Gasteiger partial charge is 0.349 e. The number of hydrogen-bond donors (Lipinski definition) is 1. The van der Waals surface area contributed by atoms with Crippen LogP contribution in [0.4, 0.5) is 0 Å². The summed E-state index contributed by atoms with van der Waals surface area (Å²) < 4.78 is 0. The van der Waals surface area contributed by atoms with E-state index in [1.165, 1.54) is 45.1 Å². The summed E-state index contributed by atoms with van der Waals surface area (Å²) in [6.07, 6.45) is 5.08. The summed E-state index contributed by atoms with van der Waals surface area (Å²) in [5, 5.41) is 5.22. The van der Waals surface area contributed by atoms with Crippen molar-refractivity contribution in [3.63, 3.8) is 0 Å². The van der Waals surface area contributed by atoms with Gasteiger partial charge in [0.1, 0.15) is 16.2 Å². The van der Waals surface area contributed by atoms with Gasteiger partial charge in [-0.05, 0) is 62.3 Å². The summed E-state index contributed by atoms with van der Waals surface area (Å²) in [4.78, 5) is 23.9. The summed E-state index contributed by atoms with van der Waals surface area (Å²) >= 11 is 3.30. The van der Waals surface area contributed by atoms with Crippen LogP contribution >= 0.6 is 23.1 Å². The van der Waals surface area contributed by atoms with Gasteiger partial charge in [0, 0.05) is 10.3 Å². The van der Waals surface area contributed by atoms with Crippen LogP contribution in [0.15, 0.2) is 29.6 Å². The highest BCUT2D eigenvalue weighted by molar-refractivity contribution is 8.00. The Bertz CT molecular complexity index is 1010. The molecule has 0 bridgehead atoms. The molecule has 6 heteroatoms. The minimum atomic E-state index is -0.00628. The van der Waals surface area contributed by atoms with Gasteiger partial charge in [0.15, 0.2) is 0 Å². The first kappa shape index (κ1) is 18.4. The summed E-state index contributed by atoms with van der Waals surface area (Å²) in [5.74, 6) is 0.399. The number of benzene rings is 1. The average Bonchev–Trinajstić information content (AvgIpc) is 3.23. The molecule has 0 aliphatic heterocycles. The first-order valence-electron chi connectivity index (χ1n) is 9.27. The lowest BCUT2D eigenvalue weighted by molar-refractivity contribution is -0.119. The van der Waals surface area contributed by atoms with Crippen molar-refractivity contribution >= 4 is 39.2 Å². The minimum absolute atomic E-state index is 0.00628. The van der Waals surface area contributed by atoms with Crippen molar-refractivity contribution in [1.82, 2.24) is 15.3 Å². The van der Waals surface area contributed by atoms with E-state index in [1.54, 1.807) is 17.7 Å². The van der Waals surface area contributed by atoms with Crippen molar-refractivity contribution in [2.75, 3.05) is 5.75 Å². The van der Waals surface area contributed by atoms with Crippen molar-refractivity contribution in [1.29, 1.82) is 0 Å². The predicted molar refractivity (Wildman–Crippen MR) is 113 cm³/mol. The van der Waals surface area contributed by atoms with Crippen molar-refractivity contribution in [3.8, 4) is 0 Å². The Hall–Kier alpha value is -1.92. The highest BCUT2D eigenvalue weighted by Gasteiger charge is 2.21. The van der Waals surface area contributed by atoms with Gasteiger partial charge in [0.2, 0.25) is 5.91 Å². The number of fused-ring (bicyclic) bond motifs is 3. The van der Waals surface area contributed by atoms with Crippen LogP contribution in [0.25, 0.3) is 10.2 Å². The standard InChI is InChI=1S/C21H23N3OS2/c1-12-7-8-15(9-13(12)2)14(3)24-18(25)10-26-20-19-16-5-4-6-17(16)27-21(19)23-11-22-20/h7-9,11,14H,4-6,10H2,1-3H3,(H,24,25)/t14-/m0/s1. The first-order valence-corrected chi connectivity index (χ1v) is 11.1. The number of carbonyl (C=O) groups excluding carboxylic acids is 1. The van der Waals surface area contributed by atoms with Gasteiger partial charge in [-0.3, -0.25) is 4.79 Å². The molecule has 0 saturated heterocycles. The smallest absolute Gasteiger partial charge is 0.230 e. The van der Waals surface area contributed by atoms with Gasteiger partial charge in [0.25, 0.3) is 0 Å². The zero-order chi connectivity index (χ0) is 19.0. The molecule has 2 aromatic heterocycles. The second-order valence-corrected chi connectivity index (χ2v) is 9.19. The number of amides is 1. The number of nitrogens with zero attached hydrogens (tertiary/aromatic N) is 2. The lowest BCUT2D eigenvalue weighted by Gasteiger charge is -2.15. The third kappa shape index (κ3) is 3.73. The van der Waals surface area contributed by atoms with E-state index in [-0.39, 0.29) is 11.9 Å². The summed E-state index contributed by atoms with van der Waals surface area (Å²) in [5.41, 5.74) is 5.06. The van der Waals surface area contributed by atoms with Crippen molar-refractivity contribution in [2.45, 2.75) is 51.1 Å². The minimum Gasteiger partial charge on any atom is -0.349 e. The molecular formula is C21H23N3OS2. The van der Waals surface area contributed by atoms with E-state index in [2.05, 4.69) is 47.3 Å². The van der Waals surface area contributed by atoms with Crippen LogP contribution in [0.1, 0.15) is 46.5 Å². The summed E-state index contributed by atoms with van der Waals surface area (Å²) in [6.45, 7) is 6.23.